The number of carbonyl (C=O) groups excluding carboxylic acids is 1. The van der Waals surface area contributed by atoms with Crippen LogP contribution in [0.4, 0.5) is 24.7 Å². The molecule has 1 amide bonds. The molecule has 5 rings (SSSR count). The van der Waals surface area contributed by atoms with Crippen molar-refractivity contribution in [3.05, 3.63) is 35.4 Å². The molecule has 0 radical (unpaired) electrons. The molecule has 1 unspecified atom stereocenters. The second-order valence-electron chi connectivity index (χ2n) is 10.7. The van der Waals surface area contributed by atoms with Gasteiger partial charge in [0.05, 0.1) is 30.3 Å². The van der Waals surface area contributed by atoms with Crippen LogP contribution in [0, 0.1) is 5.92 Å². The number of methoxy groups -OCH3 is 1. The predicted molar refractivity (Wildman–Crippen MR) is 134 cm³/mol. The van der Waals surface area contributed by atoms with Crippen LogP contribution in [0.1, 0.15) is 56.4 Å². The van der Waals surface area contributed by atoms with Crippen LogP contribution in [0.3, 0.4) is 0 Å². The average Bonchev–Trinajstić information content (AvgIpc) is 3.35. The van der Waals surface area contributed by atoms with Gasteiger partial charge in [-0.3, -0.25) is 4.79 Å². The van der Waals surface area contributed by atoms with Gasteiger partial charge >= 0.3 is 6.18 Å². The molecule has 2 aromatic heterocycles. The smallest absolute Gasteiger partial charge is 0.421 e. The minimum absolute atomic E-state index is 0.0821. The third kappa shape index (κ3) is 5.36. The lowest BCUT2D eigenvalue weighted by atomic mass is 9.87. The molecule has 3 aliphatic rings. The molecule has 2 saturated heterocycles. The van der Waals surface area contributed by atoms with Crippen LogP contribution in [-0.2, 0) is 28.7 Å². The number of hydrogen-bond donors (Lipinski definition) is 1. The number of pyridine rings is 1. The highest BCUT2D eigenvalue weighted by Crippen LogP contribution is 2.38. The predicted octanol–water partition coefficient (Wildman–Crippen LogP) is 4.03. The first-order valence-corrected chi connectivity index (χ1v) is 13.0. The van der Waals surface area contributed by atoms with Crippen LogP contribution in [0.2, 0.25) is 0 Å². The minimum Gasteiger partial charge on any atom is -0.481 e. The lowest BCUT2D eigenvalue weighted by Crippen LogP contribution is -2.47. The molecular weight excluding hydrogens is 501 g/mol. The fraction of sp³-hybridized carbons (Fsp3) is 0.615. The van der Waals surface area contributed by atoms with Crippen molar-refractivity contribution < 1.29 is 27.4 Å². The molecule has 0 bridgehead atoms. The van der Waals surface area contributed by atoms with E-state index in [0.717, 1.165) is 30.2 Å². The van der Waals surface area contributed by atoms with E-state index in [1.807, 2.05) is 23.6 Å². The molecule has 5 heterocycles. The summed E-state index contributed by atoms with van der Waals surface area (Å²) < 4.78 is 51.4. The molecule has 3 aliphatic heterocycles. The van der Waals surface area contributed by atoms with Crippen LogP contribution < -0.4 is 15.0 Å². The van der Waals surface area contributed by atoms with Gasteiger partial charge in [-0.1, -0.05) is 0 Å². The van der Waals surface area contributed by atoms with E-state index in [1.165, 1.54) is 19.6 Å². The van der Waals surface area contributed by atoms with Crippen LogP contribution >= 0.6 is 0 Å². The number of amides is 1. The second kappa shape index (κ2) is 10.2. The summed E-state index contributed by atoms with van der Waals surface area (Å²) in [7, 11) is 1.17. The number of anilines is 2. The summed E-state index contributed by atoms with van der Waals surface area (Å²) in [5.74, 6) is 0.198. The van der Waals surface area contributed by atoms with E-state index in [4.69, 9.17) is 9.47 Å². The van der Waals surface area contributed by atoms with Crippen molar-refractivity contribution in [2.45, 2.75) is 70.4 Å². The molecular formula is C26H33F3N6O3. The maximum Gasteiger partial charge on any atom is 0.421 e. The second-order valence-corrected chi connectivity index (χ2v) is 10.7. The van der Waals surface area contributed by atoms with Crippen LogP contribution in [0.5, 0.6) is 5.88 Å². The Bertz CT molecular complexity index is 1190. The number of fused-ring (bicyclic) bond motifs is 1. The van der Waals surface area contributed by atoms with Crippen molar-refractivity contribution in [2.75, 3.05) is 37.0 Å². The summed E-state index contributed by atoms with van der Waals surface area (Å²) >= 11 is 0. The van der Waals surface area contributed by atoms with Gasteiger partial charge in [0.25, 0.3) is 0 Å². The summed E-state index contributed by atoms with van der Waals surface area (Å²) in [4.78, 5) is 30.0. The van der Waals surface area contributed by atoms with Crippen molar-refractivity contribution in [1.29, 1.82) is 0 Å². The summed E-state index contributed by atoms with van der Waals surface area (Å²) in [6, 6.07) is 1.07. The fourth-order valence-corrected chi connectivity index (χ4v) is 5.68. The van der Waals surface area contributed by atoms with E-state index < -0.39 is 17.6 Å². The molecule has 2 atom stereocenters. The van der Waals surface area contributed by atoms with E-state index in [9.17, 15) is 18.0 Å². The zero-order valence-corrected chi connectivity index (χ0v) is 21.8. The third-order valence-corrected chi connectivity index (χ3v) is 7.59. The Morgan fingerprint density at radius 2 is 2.03 bits per heavy atom. The highest BCUT2D eigenvalue weighted by Gasteiger charge is 2.39. The van der Waals surface area contributed by atoms with Gasteiger partial charge in [0, 0.05) is 44.1 Å². The van der Waals surface area contributed by atoms with Crippen LogP contribution in [-0.4, -0.2) is 64.3 Å². The maximum absolute atomic E-state index is 13.6. The largest absolute Gasteiger partial charge is 0.481 e. The first-order chi connectivity index (χ1) is 18.1. The Morgan fingerprint density at radius 1 is 1.21 bits per heavy atom. The van der Waals surface area contributed by atoms with Crippen LogP contribution in [0.15, 0.2) is 18.6 Å². The van der Waals surface area contributed by atoms with Gasteiger partial charge < -0.3 is 24.6 Å². The zero-order chi connectivity index (χ0) is 27.1. The van der Waals surface area contributed by atoms with Crippen molar-refractivity contribution in [3.8, 4) is 5.88 Å². The SMILES string of the molecule is COc1ncc(N2CCc3ncnc(N[C@@H]4CCCN4C(=O)C4CCOC(C)(C)C4)c3C2)cc1C(F)(F)F. The van der Waals surface area contributed by atoms with Gasteiger partial charge in [0.1, 0.15) is 23.9 Å². The summed E-state index contributed by atoms with van der Waals surface area (Å²) in [5.41, 5.74) is 0.771. The lowest BCUT2D eigenvalue weighted by molar-refractivity contribution is -0.145. The van der Waals surface area contributed by atoms with Crippen molar-refractivity contribution in [1.82, 2.24) is 19.9 Å². The Morgan fingerprint density at radius 3 is 2.76 bits per heavy atom. The molecule has 2 fully saturated rings. The van der Waals surface area contributed by atoms with E-state index >= 15 is 0 Å². The number of alkyl halides is 3. The maximum atomic E-state index is 13.6. The number of carbonyl (C=O) groups is 1. The van der Waals surface area contributed by atoms with Gasteiger partial charge in [0.15, 0.2) is 0 Å². The summed E-state index contributed by atoms with van der Waals surface area (Å²) in [6.07, 6.45) is 1.70. The van der Waals surface area contributed by atoms with Gasteiger partial charge in [-0.15, -0.1) is 0 Å². The summed E-state index contributed by atoms with van der Waals surface area (Å²) in [6.45, 7) is 6.08. The highest BCUT2D eigenvalue weighted by molar-refractivity contribution is 5.80. The van der Waals surface area contributed by atoms with Crippen LogP contribution in [0.25, 0.3) is 0 Å². The van der Waals surface area contributed by atoms with Crippen molar-refractivity contribution in [3.63, 3.8) is 0 Å². The number of ether oxygens (including phenoxy) is 2. The number of rotatable bonds is 5. The standard InChI is InChI=1S/C26H33F3N6O3/c1-25(2)12-16(7-10-38-25)24(36)35-8-4-5-21(35)33-22-18-14-34(9-6-20(18)31-15-32-22)17-11-19(26(27,28)29)23(37-3)30-13-17/h11,13,15-16,21H,4-10,12,14H2,1-3H3,(H,31,32,33)/t16?,21-/m0/s1. The molecule has 12 heteroatoms. The quantitative estimate of drug-likeness (QED) is 0.615. The minimum atomic E-state index is -4.59. The normalized spacial score (nSPS) is 23.2. The third-order valence-electron chi connectivity index (χ3n) is 7.59. The molecule has 2 aromatic rings. The van der Waals surface area contributed by atoms with Crippen molar-refractivity contribution in [2.24, 2.45) is 5.92 Å². The molecule has 0 aromatic carbocycles. The molecule has 0 spiro atoms. The molecule has 38 heavy (non-hydrogen) atoms. The van der Waals surface area contributed by atoms with Gasteiger partial charge in [-0.2, -0.15) is 13.2 Å². The van der Waals surface area contributed by atoms with E-state index in [1.54, 1.807) is 0 Å². The van der Waals surface area contributed by atoms with Gasteiger partial charge in [-0.05, 0) is 45.6 Å². The fourth-order valence-electron chi connectivity index (χ4n) is 5.68. The molecule has 1 N–H and O–H groups in total. The first-order valence-electron chi connectivity index (χ1n) is 13.0. The summed E-state index contributed by atoms with van der Waals surface area (Å²) in [5, 5.41) is 3.47. The number of likely N-dealkylation sites (tertiary alicyclic amines) is 1. The lowest BCUT2D eigenvalue weighted by Gasteiger charge is -2.38. The Labute approximate surface area is 219 Å². The van der Waals surface area contributed by atoms with E-state index in [0.29, 0.717) is 57.0 Å². The van der Waals surface area contributed by atoms with Crippen molar-refractivity contribution >= 4 is 17.4 Å². The molecule has 0 aliphatic carbocycles. The number of nitrogens with zero attached hydrogens (tertiary/aromatic N) is 5. The first kappa shape index (κ1) is 26.5. The van der Waals surface area contributed by atoms with E-state index in [2.05, 4.69) is 20.3 Å². The molecule has 0 saturated carbocycles. The molecule has 206 valence electrons. The van der Waals surface area contributed by atoms with E-state index in [-0.39, 0.29) is 23.6 Å². The number of hydrogen-bond acceptors (Lipinski definition) is 8. The Hall–Kier alpha value is -3.15. The number of nitrogens with one attached hydrogen (secondary N) is 1. The highest BCUT2D eigenvalue weighted by atomic mass is 19.4. The zero-order valence-electron chi connectivity index (χ0n) is 21.8. The van der Waals surface area contributed by atoms with Gasteiger partial charge in [-0.25, -0.2) is 15.0 Å². The molecule has 9 nitrogen and oxygen atoms in total. The van der Waals surface area contributed by atoms with Gasteiger partial charge in [0.2, 0.25) is 11.8 Å². The Balaban J connectivity index is 1.35. The average molecular weight is 535 g/mol. The topological polar surface area (TPSA) is 92.7 Å². The number of halogens is 3. The number of aromatic nitrogens is 3. The monoisotopic (exact) mass is 534 g/mol. The Kier molecular flexibility index (Phi) is 7.10.